The van der Waals surface area contributed by atoms with Gasteiger partial charge in [-0.1, -0.05) is 12.1 Å². The van der Waals surface area contributed by atoms with Gasteiger partial charge in [-0.25, -0.2) is 14.3 Å². The van der Waals surface area contributed by atoms with E-state index in [1.54, 1.807) is 31.3 Å². The largest absolute Gasteiger partial charge is 0.469 e. The van der Waals surface area contributed by atoms with Gasteiger partial charge in [-0.05, 0) is 12.1 Å². The van der Waals surface area contributed by atoms with Crippen molar-refractivity contribution in [3.8, 4) is 0 Å². The number of nitrogens with one attached hydrogen (secondary N) is 2. The Labute approximate surface area is 185 Å². The van der Waals surface area contributed by atoms with Gasteiger partial charge >= 0.3 is 13.8 Å². The molecule has 1 fully saturated rings. The smallest absolute Gasteiger partial charge is 0.456 e. The lowest BCUT2D eigenvalue weighted by Gasteiger charge is -2.19. The van der Waals surface area contributed by atoms with E-state index in [2.05, 4.69) is 24.8 Å². The predicted molar refractivity (Wildman–Crippen MR) is 114 cm³/mol. The number of H-pyrrole nitrogens is 1. The first-order valence-corrected chi connectivity index (χ1v) is 11.2. The quantitative estimate of drug-likeness (QED) is 0.230. The highest BCUT2D eigenvalue weighted by Crippen LogP contribution is 2.39. The minimum atomic E-state index is -4.81. The average molecular weight is 480 g/mol. The molecule has 1 saturated heterocycles. The summed E-state index contributed by atoms with van der Waals surface area (Å²) in [5.41, 5.74) is 6.07. The van der Waals surface area contributed by atoms with Crippen LogP contribution in [-0.4, -0.2) is 61.1 Å². The standard InChI is InChI=1S/C18H21N6O8P/c1-20-10-5-3-2-4-9(10)17(26)32-11-6-13(31-12(11)7-30-33(27,28)29)24-8-21-14-15(24)22-18(19)23-16(14)25/h2-5,8,11-13,20H,6-7H2,1H3,(H2,27,28,29)(H3,19,22,23,25). The molecule has 14 nitrogen and oxygen atoms in total. The van der Waals surface area contributed by atoms with Crippen molar-refractivity contribution in [3.63, 3.8) is 0 Å². The van der Waals surface area contributed by atoms with Gasteiger partial charge in [-0.3, -0.25) is 18.9 Å². The molecule has 3 aromatic rings. The lowest BCUT2D eigenvalue weighted by molar-refractivity contribution is -0.0490. The Morgan fingerprint density at radius 1 is 1.42 bits per heavy atom. The third-order valence-corrected chi connectivity index (χ3v) is 5.51. The summed E-state index contributed by atoms with van der Waals surface area (Å²) < 4.78 is 28.7. The minimum Gasteiger partial charge on any atom is -0.456 e. The maximum atomic E-state index is 12.8. The number of hydrogen-bond donors (Lipinski definition) is 5. The molecule has 0 radical (unpaired) electrons. The van der Waals surface area contributed by atoms with Crippen molar-refractivity contribution in [3.05, 3.63) is 46.5 Å². The van der Waals surface area contributed by atoms with Gasteiger partial charge in [0.2, 0.25) is 5.95 Å². The second-order valence-corrected chi connectivity index (χ2v) is 8.41. The van der Waals surface area contributed by atoms with E-state index in [0.717, 1.165) is 0 Å². The summed E-state index contributed by atoms with van der Waals surface area (Å²) in [5.74, 6) is -0.787. The van der Waals surface area contributed by atoms with E-state index < -0.39 is 44.4 Å². The molecule has 1 aliphatic heterocycles. The third kappa shape index (κ3) is 4.89. The maximum Gasteiger partial charge on any atom is 0.469 e. The molecule has 4 rings (SSSR count). The molecule has 3 atom stereocenters. The van der Waals surface area contributed by atoms with Crippen molar-refractivity contribution >= 4 is 36.6 Å². The SMILES string of the molecule is CNc1ccccc1C(=O)OC1CC(n2cnc3c(=O)[nH]c(N)nc32)OC1COP(=O)(O)O. The summed E-state index contributed by atoms with van der Waals surface area (Å²) in [4.78, 5) is 53.5. The van der Waals surface area contributed by atoms with Gasteiger partial charge in [-0.15, -0.1) is 0 Å². The molecule has 1 aliphatic rings. The fourth-order valence-electron chi connectivity index (χ4n) is 3.55. The number of rotatable bonds is 7. The normalized spacial score (nSPS) is 20.8. The number of esters is 1. The average Bonchev–Trinajstić information content (AvgIpc) is 3.35. The monoisotopic (exact) mass is 480 g/mol. The van der Waals surface area contributed by atoms with Crippen LogP contribution in [0.3, 0.4) is 0 Å². The zero-order chi connectivity index (χ0) is 23.8. The first-order valence-electron chi connectivity index (χ1n) is 9.72. The summed E-state index contributed by atoms with van der Waals surface area (Å²) in [6.45, 7) is -0.546. The van der Waals surface area contributed by atoms with Crippen LogP contribution < -0.4 is 16.6 Å². The van der Waals surface area contributed by atoms with E-state index in [9.17, 15) is 14.2 Å². The lowest BCUT2D eigenvalue weighted by Crippen LogP contribution is -2.31. The van der Waals surface area contributed by atoms with Crippen molar-refractivity contribution in [2.45, 2.75) is 24.9 Å². The molecule has 6 N–H and O–H groups in total. The van der Waals surface area contributed by atoms with E-state index in [1.165, 1.54) is 10.9 Å². The van der Waals surface area contributed by atoms with Crippen molar-refractivity contribution < 1.29 is 33.1 Å². The molecule has 0 saturated carbocycles. The molecule has 3 unspecified atom stereocenters. The van der Waals surface area contributed by atoms with Crippen molar-refractivity contribution in [2.24, 2.45) is 0 Å². The van der Waals surface area contributed by atoms with Gasteiger partial charge in [-0.2, -0.15) is 4.98 Å². The predicted octanol–water partition coefficient (Wildman–Crippen LogP) is 0.366. The summed E-state index contributed by atoms with van der Waals surface area (Å²) in [6.07, 6.45) is -1.40. The van der Waals surface area contributed by atoms with E-state index in [4.69, 9.17) is 25.0 Å². The number of anilines is 2. The highest BCUT2D eigenvalue weighted by atomic mass is 31.2. The zero-order valence-electron chi connectivity index (χ0n) is 17.2. The van der Waals surface area contributed by atoms with Crippen LogP contribution in [0.2, 0.25) is 0 Å². The second kappa shape index (κ2) is 8.92. The molecule has 1 aromatic carbocycles. The number of carbonyl (C=O) groups is 1. The molecule has 2 aromatic heterocycles. The second-order valence-electron chi connectivity index (χ2n) is 7.17. The van der Waals surface area contributed by atoms with Crippen LogP contribution in [0.5, 0.6) is 0 Å². The first-order chi connectivity index (χ1) is 15.7. The number of carbonyl (C=O) groups excluding carboxylic acids is 1. The van der Waals surface area contributed by atoms with Gasteiger partial charge in [0.05, 0.1) is 18.5 Å². The van der Waals surface area contributed by atoms with E-state index in [1.807, 2.05) is 0 Å². The van der Waals surface area contributed by atoms with Crippen LogP contribution in [0.4, 0.5) is 11.6 Å². The molecule has 33 heavy (non-hydrogen) atoms. The van der Waals surface area contributed by atoms with Crippen molar-refractivity contribution in [2.75, 3.05) is 24.7 Å². The van der Waals surface area contributed by atoms with Gasteiger partial charge < -0.3 is 30.3 Å². The number of aromatic nitrogens is 4. The highest BCUT2D eigenvalue weighted by Gasteiger charge is 2.41. The Kier molecular flexibility index (Phi) is 6.19. The molecule has 0 aliphatic carbocycles. The fourth-order valence-corrected chi connectivity index (χ4v) is 3.89. The Hall–Kier alpha value is -3.29. The number of phosphoric acid groups is 1. The van der Waals surface area contributed by atoms with E-state index >= 15 is 0 Å². The Balaban J connectivity index is 1.61. The number of benzene rings is 1. The topological polar surface area (TPSA) is 204 Å². The first kappa shape index (κ1) is 22.9. The number of hydrogen-bond acceptors (Lipinski definition) is 10. The number of ether oxygens (including phenoxy) is 2. The third-order valence-electron chi connectivity index (χ3n) is 5.02. The summed E-state index contributed by atoms with van der Waals surface area (Å²) in [7, 11) is -3.15. The minimum absolute atomic E-state index is 0.0270. The number of nitrogens with two attached hydrogens (primary N) is 1. The van der Waals surface area contributed by atoms with Crippen LogP contribution in [0.1, 0.15) is 23.0 Å². The van der Waals surface area contributed by atoms with Crippen LogP contribution in [-0.2, 0) is 18.6 Å². The van der Waals surface area contributed by atoms with Crippen molar-refractivity contribution in [1.82, 2.24) is 19.5 Å². The number of nitrogen functional groups attached to an aromatic ring is 1. The van der Waals surface area contributed by atoms with Crippen LogP contribution in [0.15, 0.2) is 35.4 Å². The fraction of sp³-hybridized carbons (Fsp3) is 0.333. The van der Waals surface area contributed by atoms with E-state index in [0.29, 0.717) is 5.69 Å². The molecular formula is C18H21N6O8P. The molecule has 176 valence electrons. The molecule has 0 amide bonds. The molecule has 0 bridgehead atoms. The molecular weight excluding hydrogens is 459 g/mol. The molecule has 3 heterocycles. The molecule has 15 heteroatoms. The lowest BCUT2D eigenvalue weighted by atomic mass is 10.1. The van der Waals surface area contributed by atoms with E-state index in [-0.39, 0.29) is 29.1 Å². The van der Waals surface area contributed by atoms with Crippen molar-refractivity contribution in [1.29, 1.82) is 0 Å². The van der Waals surface area contributed by atoms with Gasteiger partial charge in [0.15, 0.2) is 11.2 Å². The van der Waals surface area contributed by atoms with Gasteiger partial charge in [0.25, 0.3) is 5.56 Å². The number of fused-ring (bicyclic) bond motifs is 1. The molecule has 0 spiro atoms. The Morgan fingerprint density at radius 2 is 2.18 bits per heavy atom. The number of phosphoric ester groups is 1. The summed E-state index contributed by atoms with van der Waals surface area (Å²) in [5, 5.41) is 2.89. The number of para-hydroxylation sites is 1. The Morgan fingerprint density at radius 3 is 2.91 bits per heavy atom. The number of aromatic amines is 1. The van der Waals surface area contributed by atoms with Crippen LogP contribution >= 0.6 is 7.82 Å². The zero-order valence-corrected chi connectivity index (χ0v) is 18.1. The van der Waals surface area contributed by atoms with Crippen LogP contribution in [0, 0.1) is 0 Å². The number of imidazole rings is 1. The number of nitrogens with zero attached hydrogens (tertiary/aromatic N) is 3. The Bertz CT molecular complexity index is 1290. The summed E-state index contributed by atoms with van der Waals surface area (Å²) >= 11 is 0. The maximum absolute atomic E-state index is 12.8. The summed E-state index contributed by atoms with van der Waals surface area (Å²) in [6, 6.07) is 6.69. The highest BCUT2D eigenvalue weighted by molar-refractivity contribution is 7.46. The van der Waals surface area contributed by atoms with Crippen LogP contribution in [0.25, 0.3) is 11.2 Å². The van der Waals surface area contributed by atoms with Gasteiger partial charge in [0, 0.05) is 19.2 Å². The van der Waals surface area contributed by atoms with Gasteiger partial charge in [0.1, 0.15) is 18.4 Å².